The molecule has 0 saturated carbocycles. The highest BCUT2D eigenvalue weighted by molar-refractivity contribution is 5.94. The highest BCUT2D eigenvalue weighted by Crippen LogP contribution is 2.22. The monoisotopic (exact) mass is 254 g/mol. The third-order valence-corrected chi connectivity index (χ3v) is 2.29. The van der Waals surface area contributed by atoms with Crippen molar-refractivity contribution in [1.82, 2.24) is 0 Å². The van der Waals surface area contributed by atoms with Crippen molar-refractivity contribution < 1.29 is 19.6 Å². The average Bonchev–Trinajstić information content (AvgIpc) is 2.34. The average molecular weight is 254 g/mol. The molecule has 7 heteroatoms. The maximum absolute atomic E-state index is 11.0. The molecule has 2 N–H and O–H groups in total. The number of nitro groups is 1. The first kappa shape index (κ1) is 13.9. The summed E-state index contributed by atoms with van der Waals surface area (Å²) in [6.07, 6.45) is 0.679. The van der Waals surface area contributed by atoms with Gasteiger partial charge in [-0.3, -0.25) is 10.1 Å². The zero-order valence-corrected chi connectivity index (χ0v) is 9.88. The number of non-ortho nitro benzene ring substituents is 1. The molecule has 0 radical (unpaired) electrons. The zero-order valence-electron chi connectivity index (χ0n) is 9.88. The van der Waals surface area contributed by atoms with E-state index >= 15 is 0 Å². The predicted molar refractivity (Wildman–Crippen MR) is 65.0 cm³/mol. The summed E-state index contributed by atoms with van der Waals surface area (Å²) in [4.78, 5) is 21.0. The fourth-order valence-corrected chi connectivity index (χ4v) is 1.42. The van der Waals surface area contributed by atoms with Gasteiger partial charge in [-0.2, -0.15) is 0 Å². The van der Waals surface area contributed by atoms with Gasteiger partial charge in [0, 0.05) is 32.4 Å². The van der Waals surface area contributed by atoms with Crippen LogP contribution in [-0.2, 0) is 4.74 Å². The fourth-order valence-electron chi connectivity index (χ4n) is 1.42. The van der Waals surface area contributed by atoms with Crippen molar-refractivity contribution in [2.24, 2.45) is 0 Å². The molecule has 0 fully saturated rings. The van der Waals surface area contributed by atoms with E-state index in [0.29, 0.717) is 19.6 Å². The van der Waals surface area contributed by atoms with Crippen LogP contribution >= 0.6 is 0 Å². The van der Waals surface area contributed by atoms with Gasteiger partial charge >= 0.3 is 5.97 Å². The number of hydrogen-bond donors (Lipinski definition) is 2. The lowest BCUT2D eigenvalue weighted by Crippen LogP contribution is -2.09. The van der Waals surface area contributed by atoms with Crippen LogP contribution in [0.25, 0.3) is 0 Å². The van der Waals surface area contributed by atoms with Crippen molar-refractivity contribution >= 4 is 17.3 Å². The Hall–Kier alpha value is -2.15. The lowest BCUT2D eigenvalue weighted by Gasteiger charge is -2.09. The summed E-state index contributed by atoms with van der Waals surface area (Å²) in [5.41, 5.74) is 0.111. The molecule has 0 aromatic heterocycles. The Balaban J connectivity index is 2.86. The Morgan fingerprint density at radius 3 is 2.83 bits per heavy atom. The van der Waals surface area contributed by atoms with Crippen molar-refractivity contribution in [3.63, 3.8) is 0 Å². The first-order chi connectivity index (χ1) is 8.56. The molecule has 1 aromatic carbocycles. The molecular formula is C11H14N2O5. The number of methoxy groups -OCH3 is 1. The number of carboxylic acids is 1. The van der Waals surface area contributed by atoms with Crippen molar-refractivity contribution in [2.75, 3.05) is 25.6 Å². The van der Waals surface area contributed by atoms with Crippen LogP contribution in [0.5, 0.6) is 0 Å². The Bertz CT molecular complexity index is 447. The van der Waals surface area contributed by atoms with Gasteiger partial charge in [-0.15, -0.1) is 0 Å². The van der Waals surface area contributed by atoms with E-state index < -0.39 is 10.9 Å². The van der Waals surface area contributed by atoms with E-state index in [1.54, 1.807) is 7.11 Å². The van der Waals surface area contributed by atoms with Crippen molar-refractivity contribution in [1.29, 1.82) is 0 Å². The SMILES string of the molecule is COCCCNc1cc([N+](=O)[O-])ccc1C(=O)O. The van der Waals surface area contributed by atoms with Crippen molar-refractivity contribution in [3.05, 3.63) is 33.9 Å². The lowest BCUT2D eigenvalue weighted by atomic mass is 10.1. The van der Waals surface area contributed by atoms with E-state index in [1.165, 1.54) is 18.2 Å². The molecule has 0 aliphatic carbocycles. The van der Waals surface area contributed by atoms with Crippen LogP contribution in [-0.4, -0.2) is 36.3 Å². The third-order valence-electron chi connectivity index (χ3n) is 2.29. The second kappa shape index (κ2) is 6.55. The maximum Gasteiger partial charge on any atom is 0.337 e. The summed E-state index contributed by atoms with van der Waals surface area (Å²) in [6.45, 7) is 1.01. The molecule has 0 amide bonds. The molecule has 0 unspecified atom stereocenters. The van der Waals surface area contributed by atoms with E-state index in [9.17, 15) is 14.9 Å². The Labute approximate surface area is 104 Å². The highest BCUT2D eigenvalue weighted by Gasteiger charge is 2.14. The summed E-state index contributed by atoms with van der Waals surface area (Å²) < 4.78 is 4.85. The topological polar surface area (TPSA) is 102 Å². The van der Waals surface area contributed by atoms with Gasteiger partial charge in [-0.1, -0.05) is 0 Å². The standard InChI is InChI=1S/C11H14N2O5/c1-18-6-2-5-12-10-7-8(13(16)17)3-4-9(10)11(14)15/h3-4,7,12H,2,5-6H2,1H3,(H,14,15). The second-order valence-corrected chi connectivity index (χ2v) is 3.57. The van der Waals surface area contributed by atoms with Gasteiger partial charge < -0.3 is 15.2 Å². The largest absolute Gasteiger partial charge is 0.478 e. The minimum absolute atomic E-state index is 0.0121. The minimum atomic E-state index is -1.13. The molecule has 0 aliphatic heterocycles. The van der Waals surface area contributed by atoms with E-state index in [1.807, 2.05) is 0 Å². The van der Waals surface area contributed by atoms with E-state index in [4.69, 9.17) is 9.84 Å². The fraction of sp³-hybridized carbons (Fsp3) is 0.364. The molecule has 0 heterocycles. The van der Waals surface area contributed by atoms with Crippen LogP contribution in [0.4, 0.5) is 11.4 Å². The molecule has 1 aromatic rings. The number of ether oxygens (including phenoxy) is 1. The molecule has 18 heavy (non-hydrogen) atoms. The highest BCUT2D eigenvalue weighted by atomic mass is 16.6. The van der Waals surface area contributed by atoms with E-state index in [0.717, 1.165) is 0 Å². The van der Waals surface area contributed by atoms with Gasteiger partial charge in [0.15, 0.2) is 0 Å². The molecule has 0 atom stereocenters. The number of anilines is 1. The quantitative estimate of drug-likeness (QED) is 0.436. The summed E-state index contributed by atoms with van der Waals surface area (Å²) in [7, 11) is 1.57. The molecule has 0 bridgehead atoms. The molecule has 98 valence electrons. The van der Waals surface area contributed by atoms with Crippen molar-refractivity contribution in [3.8, 4) is 0 Å². The first-order valence-corrected chi connectivity index (χ1v) is 5.30. The Kier molecular flexibility index (Phi) is 5.06. The van der Waals surface area contributed by atoms with Gasteiger partial charge in [0.2, 0.25) is 0 Å². The number of nitro benzene ring substituents is 1. The zero-order chi connectivity index (χ0) is 13.5. The van der Waals surface area contributed by atoms with Gasteiger partial charge in [-0.25, -0.2) is 4.79 Å². The lowest BCUT2D eigenvalue weighted by molar-refractivity contribution is -0.384. The van der Waals surface area contributed by atoms with Crippen molar-refractivity contribution in [2.45, 2.75) is 6.42 Å². The Morgan fingerprint density at radius 1 is 1.56 bits per heavy atom. The molecular weight excluding hydrogens is 240 g/mol. The smallest absolute Gasteiger partial charge is 0.337 e. The third kappa shape index (κ3) is 3.70. The van der Waals surface area contributed by atoms with Crippen LogP contribution in [0.15, 0.2) is 18.2 Å². The summed E-state index contributed by atoms with van der Waals surface area (Å²) >= 11 is 0. The van der Waals surface area contributed by atoms with Gasteiger partial charge in [0.25, 0.3) is 5.69 Å². The number of hydrogen-bond acceptors (Lipinski definition) is 5. The van der Waals surface area contributed by atoms with E-state index in [2.05, 4.69) is 5.32 Å². The number of nitrogens with one attached hydrogen (secondary N) is 1. The van der Waals surface area contributed by atoms with Crippen LogP contribution in [0.1, 0.15) is 16.8 Å². The number of carboxylic acid groups (broad SMARTS) is 1. The number of nitrogens with zero attached hydrogens (tertiary/aromatic N) is 1. The summed E-state index contributed by atoms with van der Waals surface area (Å²) in [5, 5.41) is 22.4. The van der Waals surface area contributed by atoms with Gasteiger partial charge in [0.1, 0.15) is 0 Å². The van der Waals surface area contributed by atoms with Crippen LogP contribution in [0, 0.1) is 10.1 Å². The first-order valence-electron chi connectivity index (χ1n) is 5.30. The summed E-state index contributed by atoms with van der Waals surface area (Å²) in [6, 6.07) is 3.61. The number of benzene rings is 1. The molecule has 7 nitrogen and oxygen atoms in total. The summed E-state index contributed by atoms with van der Waals surface area (Å²) in [5.74, 6) is -1.13. The van der Waals surface area contributed by atoms with Crippen LogP contribution < -0.4 is 5.32 Å². The van der Waals surface area contributed by atoms with Crippen LogP contribution in [0.3, 0.4) is 0 Å². The minimum Gasteiger partial charge on any atom is -0.478 e. The maximum atomic E-state index is 11.0. The normalized spacial score (nSPS) is 10.1. The number of carbonyl (C=O) groups is 1. The predicted octanol–water partition coefficient (Wildman–Crippen LogP) is 1.74. The van der Waals surface area contributed by atoms with Crippen LogP contribution in [0.2, 0.25) is 0 Å². The Morgan fingerprint density at radius 2 is 2.28 bits per heavy atom. The number of aromatic carboxylic acids is 1. The van der Waals surface area contributed by atoms with Gasteiger partial charge in [0.05, 0.1) is 16.2 Å². The van der Waals surface area contributed by atoms with Gasteiger partial charge in [-0.05, 0) is 12.5 Å². The molecule has 0 saturated heterocycles. The molecule has 1 rings (SSSR count). The molecule has 0 spiro atoms. The van der Waals surface area contributed by atoms with E-state index in [-0.39, 0.29) is 16.9 Å². The number of rotatable bonds is 7. The molecule has 0 aliphatic rings. The second-order valence-electron chi connectivity index (χ2n) is 3.57.